The molecule has 0 aliphatic carbocycles. The maximum Gasteiger partial charge on any atom is 0.257 e. The fourth-order valence-corrected chi connectivity index (χ4v) is 2.62. The van der Waals surface area contributed by atoms with Crippen molar-refractivity contribution in [3.8, 4) is 0 Å². The summed E-state index contributed by atoms with van der Waals surface area (Å²) in [6, 6.07) is 1.60. The molecule has 2 N–H and O–H groups in total. The molecule has 0 radical (unpaired) electrons. The fraction of sp³-hybridized carbons (Fsp3) is 0.571. The van der Waals surface area contributed by atoms with E-state index < -0.39 is 0 Å². The van der Waals surface area contributed by atoms with Gasteiger partial charge in [0.05, 0.1) is 17.4 Å². The van der Waals surface area contributed by atoms with Crippen LogP contribution in [0.1, 0.15) is 24.2 Å². The van der Waals surface area contributed by atoms with Crippen LogP contribution in [0, 0.1) is 5.92 Å². The maximum atomic E-state index is 12.4. The van der Waals surface area contributed by atoms with Gasteiger partial charge in [0.2, 0.25) is 0 Å². The molecule has 0 spiro atoms. The predicted molar refractivity (Wildman–Crippen MR) is 80.8 cm³/mol. The third-order valence-corrected chi connectivity index (χ3v) is 3.67. The molecule has 0 saturated carbocycles. The van der Waals surface area contributed by atoms with Gasteiger partial charge in [-0.15, -0.1) is 0 Å². The van der Waals surface area contributed by atoms with Crippen LogP contribution in [0.25, 0.3) is 0 Å². The van der Waals surface area contributed by atoms with Gasteiger partial charge in [-0.05, 0) is 12.0 Å². The van der Waals surface area contributed by atoms with Gasteiger partial charge in [-0.3, -0.25) is 9.69 Å². The number of nitrogens with two attached hydrogens (primary N) is 1. The second kappa shape index (κ2) is 6.41. The van der Waals surface area contributed by atoms with Crippen molar-refractivity contribution in [2.75, 3.05) is 38.5 Å². The third-order valence-electron chi connectivity index (χ3n) is 3.37. The minimum atomic E-state index is -0.0843. The average molecular weight is 297 g/mol. The standard InChI is InChI=1S/C14H21ClN4O/c1-10(2)9-18-3-5-19(6-4-18)14(20)12-7-11(16)8-17-13(12)15/h7-8,10H,3-6,9,16H2,1-2H3. The van der Waals surface area contributed by atoms with Crippen molar-refractivity contribution >= 4 is 23.2 Å². The predicted octanol–water partition coefficient (Wildman–Crippen LogP) is 1.73. The molecular weight excluding hydrogens is 276 g/mol. The first-order valence-corrected chi connectivity index (χ1v) is 7.28. The Morgan fingerprint density at radius 2 is 2.05 bits per heavy atom. The van der Waals surface area contributed by atoms with E-state index in [1.807, 2.05) is 4.90 Å². The molecule has 1 aromatic heterocycles. The Hall–Kier alpha value is -1.33. The molecule has 0 bridgehead atoms. The number of carbonyl (C=O) groups excluding carboxylic acids is 1. The number of hydrogen-bond donors (Lipinski definition) is 1. The fourth-order valence-electron chi connectivity index (χ4n) is 2.43. The van der Waals surface area contributed by atoms with Crippen LogP contribution in [-0.4, -0.2) is 53.4 Å². The van der Waals surface area contributed by atoms with Crippen LogP contribution in [0.3, 0.4) is 0 Å². The number of piperazine rings is 1. The van der Waals surface area contributed by atoms with E-state index in [9.17, 15) is 4.79 Å². The van der Waals surface area contributed by atoms with Crippen LogP contribution in [0.15, 0.2) is 12.3 Å². The number of pyridine rings is 1. The third kappa shape index (κ3) is 3.61. The molecule has 1 fully saturated rings. The van der Waals surface area contributed by atoms with Crippen LogP contribution in [0.4, 0.5) is 5.69 Å². The first-order chi connectivity index (χ1) is 9.47. The van der Waals surface area contributed by atoms with Gasteiger partial charge >= 0.3 is 0 Å². The number of amides is 1. The zero-order valence-corrected chi connectivity index (χ0v) is 12.7. The SMILES string of the molecule is CC(C)CN1CCN(C(=O)c2cc(N)cnc2Cl)CC1. The largest absolute Gasteiger partial charge is 0.397 e. The second-order valence-electron chi connectivity index (χ2n) is 5.59. The topological polar surface area (TPSA) is 62.5 Å². The first kappa shape index (κ1) is 15.1. The van der Waals surface area contributed by atoms with E-state index in [2.05, 4.69) is 23.7 Å². The van der Waals surface area contributed by atoms with Gasteiger partial charge in [0.1, 0.15) is 5.15 Å². The van der Waals surface area contributed by atoms with Gasteiger partial charge in [0, 0.05) is 32.7 Å². The molecule has 110 valence electrons. The number of aromatic nitrogens is 1. The lowest BCUT2D eigenvalue weighted by Gasteiger charge is -2.35. The summed E-state index contributed by atoms with van der Waals surface area (Å²) in [4.78, 5) is 20.6. The molecule has 0 unspecified atom stereocenters. The molecular formula is C14H21ClN4O. The Morgan fingerprint density at radius 3 is 2.65 bits per heavy atom. The van der Waals surface area contributed by atoms with Crippen LogP contribution in [0.2, 0.25) is 5.15 Å². The molecule has 6 heteroatoms. The average Bonchev–Trinajstić information content (AvgIpc) is 2.41. The van der Waals surface area contributed by atoms with Gasteiger partial charge in [0.15, 0.2) is 0 Å². The summed E-state index contributed by atoms with van der Waals surface area (Å²) in [6.45, 7) is 8.72. The number of halogens is 1. The number of nitrogens with zero attached hydrogens (tertiary/aromatic N) is 3. The molecule has 2 heterocycles. The smallest absolute Gasteiger partial charge is 0.257 e. The molecule has 20 heavy (non-hydrogen) atoms. The number of nitrogen functional groups attached to an aromatic ring is 1. The molecule has 1 aromatic rings. The Balaban J connectivity index is 2.00. The molecule has 1 amide bonds. The Labute approximate surface area is 124 Å². The second-order valence-corrected chi connectivity index (χ2v) is 5.95. The highest BCUT2D eigenvalue weighted by molar-refractivity contribution is 6.32. The van der Waals surface area contributed by atoms with Gasteiger partial charge in [0.25, 0.3) is 5.91 Å². The molecule has 1 aliphatic heterocycles. The number of anilines is 1. The summed E-state index contributed by atoms with van der Waals surface area (Å²) in [6.07, 6.45) is 1.46. The van der Waals surface area contributed by atoms with Crippen molar-refractivity contribution in [1.82, 2.24) is 14.8 Å². The molecule has 2 rings (SSSR count). The minimum absolute atomic E-state index is 0.0843. The van der Waals surface area contributed by atoms with Crippen LogP contribution in [0.5, 0.6) is 0 Å². The van der Waals surface area contributed by atoms with E-state index in [0.717, 1.165) is 32.7 Å². The molecule has 5 nitrogen and oxygen atoms in total. The van der Waals surface area contributed by atoms with E-state index in [1.54, 1.807) is 6.07 Å². The molecule has 0 aromatic carbocycles. The summed E-state index contributed by atoms with van der Waals surface area (Å²) in [5, 5.41) is 0.216. The zero-order chi connectivity index (χ0) is 14.7. The van der Waals surface area contributed by atoms with Gasteiger partial charge in [-0.1, -0.05) is 25.4 Å². The van der Waals surface area contributed by atoms with E-state index in [4.69, 9.17) is 17.3 Å². The lowest BCUT2D eigenvalue weighted by Crippen LogP contribution is -2.49. The van der Waals surface area contributed by atoms with E-state index in [-0.39, 0.29) is 11.1 Å². The van der Waals surface area contributed by atoms with Crippen molar-refractivity contribution in [3.05, 3.63) is 23.0 Å². The number of carbonyl (C=O) groups is 1. The monoisotopic (exact) mass is 296 g/mol. The summed E-state index contributed by atoms with van der Waals surface area (Å²) in [5.41, 5.74) is 6.52. The molecule has 1 saturated heterocycles. The van der Waals surface area contributed by atoms with E-state index >= 15 is 0 Å². The highest BCUT2D eigenvalue weighted by atomic mass is 35.5. The highest BCUT2D eigenvalue weighted by Crippen LogP contribution is 2.18. The quantitative estimate of drug-likeness (QED) is 0.863. The number of hydrogen-bond acceptors (Lipinski definition) is 4. The van der Waals surface area contributed by atoms with Crippen molar-refractivity contribution in [3.63, 3.8) is 0 Å². The molecule has 1 aliphatic rings. The lowest BCUT2D eigenvalue weighted by molar-refractivity contribution is 0.0623. The van der Waals surface area contributed by atoms with Crippen LogP contribution in [-0.2, 0) is 0 Å². The Bertz CT molecular complexity index is 484. The summed E-state index contributed by atoms with van der Waals surface area (Å²) in [5.74, 6) is 0.559. The molecule has 0 atom stereocenters. The zero-order valence-electron chi connectivity index (χ0n) is 12.0. The summed E-state index contributed by atoms with van der Waals surface area (Å²) in [7, 11) is 0. The van der Waals surface area contributed by atoms with Gasteiger partial charge in [-0.2, -0.15) is 0 Å². The van der Waals surface area contributed by atoms with Gasteiger partial charge < -0.3 is 10.6 Å². The van der Waals surface area contributed by atoms with E-state index in [0.29, 0.717) is 17.2 Å². The normalized spacial score (nSPS) is 16.7. The minimum Gasteiger partial charge on any atom is -0.397 e. The van der Waals surface area contributed by atoms with Crippen LogP contribution < -0.4 is 5.73 Å². The van der Waals surface area contributed by atoms with Crippen molar-refractivity contribution in [2.45, 2.75) is 13.8 Å². The van der Waals surface area contributed by atoms with Crippen molar-refractivity contribution < 1.29 is 4.79 Å². The maximum absolute atomic E-state index is 12.4. The first-order valence-electron chi connectivity index (χ1n) is 6.90. The lowest BCUT2D eigenvalue weighted by atomic mass is 10.1. The van der Waals surface area contributed by atoms with Gasteiger partial charge in [-0.25, -0.2) is 4.98 Å². The van der Waals surface area contributed by atoms with Crippen LogP contribution >= 0.6 is 11.6 Å². The van der Waals surface area contributed by atoms with Crippen molar-refractivity contribution in [1.29, 1.82) is 0 Å². The summed E-state index contributed by atoms with van der Waals surface area (Å²) >= 11 is 5.98. The Kier molecular flexibility index (Phi) is 4.83. The van der Waals surface area contributed by atoms with Crippen molar-refractivity contribution in [2.24, 2.45) is 5.92 Å². The Morgan fingerprint density at radius 1 is 1.40 bits per heavy atom. The van der Waals surface area contributed by atoms with E-state index in [1.165, 1.54) is 6.20 Å². The highest BCUT2D eigenvalue weighted by Gasteiger charge is 2.24. The summed E-state index contributed by atoms with van der Waals surface area (Å²) < 4.78 is 0. The number of rotatable bonds is 3.